The van der Waals surface area contributed by atoms with Crippen molar-refractivity contribution < 1.29 is 9.90 Å². The van der Waals surface area contributed by atoms with Gasteiger partial charge in [-0.05, 0) is 42.2 Å². The third kappa shape index (κ3) is 3.40. The number of carbonyl (C=O) groups excluding carboxylic acids is 1. The standard InChI is InChI=1S/C17H20N2O2/c1-4-11(2)12(3)18-19-17(21)15-9-13-7-5-6-8-14(13)10-16(15)20/h5-11,20H,4H2,1-3H3,(H,19,21)/b18-12+. The number of phenolic OH excluding ortho intramolecular Hbond substituents is 1. The molecular formula is C17H20N2O2. The molecule has 0 radical (unpaired) electrons. The van der Waals surface area contributed by atoms with E-state index in [9.17, 15) is 9.90 Å². The maximum Gasteiger partial charge on any atom is 0.275 e. The largest absolute Gasteiger partial charge is 0.507 e. The molecule has 2 N–H and O–H groups in total. The molecule has 0 aliphatic rings. The Morgan fingerprint density at radius 3 is 2.52 bits per heavy atom. The lowest BCUT2D eigenvalue weighted by Gasteiger charge is -2.09. The zero-order chi connectivity index (χ0) is 15.4. The van der Waals surface area contributed by atoms with Crippen LogP contribution in [0.2, 0.25) is 0 Å². The van der Waals surface area contributed by atoms with Gasteiger partial charge in [-0.25, -0.2) is 5.43 Å². The van der Waals surface area contributed by atoms with E-state index in [2.05, 4.69) is 24.4 Å². The molecule has 0 heterocycles. The van der Waals surface area contributed by atoms with Gasteiger partial charge in [-0.3, -0.25) is 4.79 Å². The van der Waals surface area contributed by atoms with Crippen molar-refractivity contribution in [2.24, 2.45) is 11.0 Å². The number of nitrogens with one attached hydrogen (secondary N) is 1. The van der Waals surface area contributed by atoms with Gasteiger partial charge in [0.25, 0.3) is 5.91 Å². The van der Waals surface area contributed by atoms with E-state index in [1.165, 1.54) is 0 Å². The van der Waals surface area contributed by atoms with Gasteiger partial charge in [0.2, 0.25) is 0 Å². The highest BCUT2D eigenvalue weighted by Crippen LogP contribution is 2.24. The fourth-order valence-corrected chi connectivity index (χ4v) is 2.01. The number of hydrogen-bond donors (Lipinski definition) is 2. The molecule has 0 saturated heterocycles. The molecule has 2 aromatic carbocycles. The summed E-state index contributed by atoms with van der Waals surface area (Å²) < 4.78 is 0. The lowest BCUT2D eigenvalue weighted by Crippen LogP contribution is -2.21. The van der Waals surface area contributed by atoms with Crippen LogP contribution in [-0.4, -0.2) is 16.7 Å². The van der Waals surface area contributed by atoms with E-state index in [0.717, 1.165) is 22.9 Å². The third-order valence-electron chi connectivity index (χ3n) is 3.77. The van der Waals surface area contributed by atoms with E-state index in [-0.39, 0.29) is 11.3 Å². The van der Waals surface area contributed by atoms with Crippen LogP contribution in [0, 0.1) is 5.92 Å². The number of nitrogens with zero attached hydrogens (tertiary/aromatic N) is 1. The Hall–Kier alpha value is -2.36. The molecule has 1 amide bonds. The van der Waals surface area contributed by atoms with Crippen molar-refractivity contribution in [3.63, 3.8) is 0 Å². The Morgan fingerprint density at radius 1 is 1.29 bits per heavy atom. The van der Waals surface area contributed by atoms with Gasteiger partial charge >= 0.3 is 0 Å². The second-order valence-corrected chi connectivity index (χ2v) is 5.22. The van der Waals surface area contributed by atoms with E-state index in [4.69, 9.17) is 0 Å². The summed E-state index contributed by atoms with van der Waals surface area (Å²) in [6.07, 6.45) is 0.965. The van der Waals surface area contributed by atoms with Gasteiger partial charge in [0.1, 0.15) is 5.75 Å². The van der Waals surface area contributed by atoms with E-state index in [0.29, 0.717) is 5.92 Å². The highest BCUT2D eigenvalue weighted by Gasteiger charge is 2.12. The molecule has 1 unspecified atom stereocenters. The Balaban J connectivity index is 2.25. The molecule has 0 saturated carbocycles. The highest BCUT2D eigenvalue weighted by molar-refractivity contribution is 6.02. The summed E-state index contributed by atoms with van der Waals surface area (Å²) >= 11 is 0. The second-order valence-electron chi connectivity index (χ2n) is 5.22. The molecule has 0 fully saturated rings. The number of rotatable bonds is 4. The molecule has 2 aromatic rings. The van der Waals surface area contributed by atoms with Crippen LogP contribution in [0.15, 0.2) is 41.5 Å². The van der Waals surface area contributed by atoms with Gasteiger partial charge in [0, 0.05) is 5.71 Å². The zero-order valence-corrected chi connectivity index (χ0v) is 12.6. The average molecular weight is 284 g/mol. The lowest BCUT2D eigenvalue weighted by molar-refractivity contribution is 0.0952. The van der Waals surface area contributed by atoms with E-state index >= 15 is 0 Å². The van der Waals surface area contributed by atoms with Crippen LogP contribution in [0.5, 0.6) is 5.75 Å². The van der Waals surface area contributed by atoms with Gasteiger partial charge in [-0.2, -0.15) is 5.10 Å². The maximum absolute atomic E-state index is 12.1. The number of phenols is 1. The fraction of sp³-hybridized carbons (Fsp3) is 0.294. The number of hydrazone groups is 1. The quantitative estimate of drug-likeness (QED) is 0.664. The normalized spacial score (nSPS) is 13.2. The van der Waals surface area contributed by atoms with Crippen LogP contribution in [-0.2, 0) is 0 Å². The molecule has 4 heteroatoms. The van der Waals surface area contributed by atoms with E-state index in [1.807, 2.05) is 31.2 Å². The van der Waals surface area contributed by atoms with Gasteiger partial charge in [-0.15, -0.1) is 0 Å². The molecule has 0 aromatic heterocycles. The van der Waals surface area contributed by atoms with Crippen molar-refractivity contribution >= 4 is 22.4 Å². The van der Waals surface area contributed by atoms with Crippen molar-refractivity contribution in [2.75, 3.05) is 0 Å². The van der Waals surface area contributed by atoms with Crippen LogP contribution < -0.4 is 5.43 Å². The van der Waals surface area contributed by atoms with Crippen molar-refractivity contribution in [2.45, 2.75) is 27.2 Å². The monoisotopic (exact) mass is 284 g/mol. The minimum atomic E-state index is -0.402. The minimum absolute atomic E-state index is 0.0393. The van der Waals surface area contributed by atoms with Gasteiger partial charge in [0.05, 0.1) is 5.56 Å². The van der Waals surface area contributed by atoms with Gasteiger partial charge < -0.3 is 5.11 Å². The third-order valence-corrected chi connectivity index (χ3v) is 3.77. The van der Waals surface area contributed by atoms with E-state index < -0.39 is 5.91 Å². The number of amides is 1. The number of fused-ring (bicyclic) bond motifs is 1. The maximum atomic E-state index is 12.1. The molecule has 110 valence electrons. The minimum Gasteiger partial charge on any atom is -0.507 e. The molecule has 0 bridgehead atoms. The van der Waals surface area contributed by atoms with Gasteiger partial charge in [0.15, 0.2) is 0 Å². The molecule has 21 heavy (non-hydrogen) atoms. The van der Waals surface area contributed by atoms with Crippen molar-refractivity contribution in [3.8, 4) is 5.75 Å². The predicted octanol–water partition coefficient (Wildman–Crippen LogP) is 3.70. The first-order valence-electron chi connectivity index (χ1n) is 7.09. The van der Waals surface area contributed by atoms with Crippen LogP contribution in [0.3, 0.4) is 0 Å². The van der Waals surface area contributed by atoms with Gasteiger partial charge in [-0.1, -0.05) is 38.1 Å². The first-order chi connectivity index (χ1) is 10.0. The van der Waals surface area contributed by atoms with Crippen LogP contribution in [0.4, 0.5) is 0 Å². The van der Waals surface area contributed by atoms with Crippen molar-refractivity contribution in [1.29, 1.82) is 0 Å². The molecule has 0 spiro atoms. The number of benzene rings is 2. The number of aromatic hydroxyl groups is 1. The highest BCUT2D eigenvalue weighted by atomic mass is 16.3. The van der Waals surface area contributed by atoms with Crippen molar-refractivity contribution in [1.82, 2.24) is 5.43 Å². The summed E-state index contributed by atoms with van der Waals surface area (Å²) in [5, 5.41) is 15.9. The summed E-state index contributed by atoms with van der Waals surface area (Å²) in [5.74, 6) is -0.126. The first-order valence-corrected chi connectivity index (χ1v) is 7.09. The Labute approximate surface area is 124 Å². The smallest absolute Gasteiger partial charge is 0.275 e. The molecule has 0 aliphatic carbocycles. The van der Waals surface area contributed by atoms with Crippen LogP contribution in [0.25, 0.3) is 10.8 Å². The molecule has 0 aliphatic heterocycles. The SMILES string of the molecule is CCC(C)/C(C)=N/NC(=O)c1cc2ccccc2cc1O. The predicted molar refractivity (Wildman–Crippen MR) is 85.6 cm³/mol. The van der Waals surface area contributed by atoms with Crippen LogP contribution in [0.1, 0.15) is 37.6 Å². The number of hydrogen-bond acceptors (Lipinski definition) is 3. The zero-order valence-electron chi connectivity index (χ0n) is 12.6. The molecule has 1 atom stereocenters. The molecule has 4 nitrogen and oxygen atoms in total. The Kier molecular flexibility index (Phi) is 4.58. The second kappa shape index (κ2) is 6.39. The average Bonchev–Trinajstić information content (AvgIpc) is 2.50. The summed E-state index contributed by atoms with van der Waals surface area (Å²) in [4.78, 5) is 12.1. The summed E-state index contributed by atoms with van der Waals surface area (Å²) in [6, 6.07) is 10.8. The van der Waals surface area contributed by atoms with Crippen molar-refractivity contribution in [3.05, 3.63) is 42.0 Å². The van der Waals surface area contributed by atoms with E-state index in [1.54, 1.807) is 12.1 Å². The molecule has 2 rings (SSSR count). The number of carbonyl (C=O) groups is 1. The Bertz CT molecular complexity index is 692. The summed E-state index contributed by atoms with van der Waals surface area (Å²) in [6.45, 7) is 6.01. The first kappa shape index (κ1) is 15.0. The lowest BCUT2D eigenvalue weighted by atomic mass is 10.0. The van der Waals surface area contributed by atoms with Crippen LogP contribution >= 0.6 is 0 Å². The summed E-state index contributed by atoms with van der Waals surface area (Å²) in [7, 11) is 0. The topological polar surface area (TPSA) is 61.7 Å². The fourth-order valence-electron chi connectivity index (χ4n) is 2.01. The summed E-state index contributed by atoms with van der Waals surface area (Å²) in [5.41, 5.74) is 3.61. The molecular weight excluding hydrogens is 264 g/mol. The Morgan fingerprint density at radius 2 is 1.90 bits per heavy atom.